The predicted molar refractivity (Wildman–Crippen MR) is 76.0 cm³/mol. The van der Waals surface area contributed by atoms with Crippen LogP contribution in [-0.4, -0.2) is 14.7 Å². The van der Waals surface area contributed by atoms with Crippen LogP contribution in [0.4, 0.5) is 0 Å². The van der Waals surface area contributed by atoms with Crippen molar-refractivity contribution in [1.29, 1.82) is 0 Å². The molecule has 0 N–H and O–H groups in total. The summed E-state index contributed by atoms with van der Waals surface area (Å²) < 4.78 is 1.13. The Balaban J connectivity index is 2.21. The zero-order chi connectivity index (χ0) is 14.1. The van der Waals surface area contributed by atoms with E-state index < -0.39 is 0 Å². The molecular weight excluding hydrogens is 278 g/mol. The molecule has 0 aliphatic heterocycles. The summed E-state index contributed by atoms with van der Waals surface area (Å²) in [4.78, 5) is 26.2. The number of halogens is 1. The number of para-hydroxylation sites is 1. The van der Waals surface area contributed by atoms with Gasteiger partial charge in [0.1, 0.15) is 5.82 Å². The van der Waals surface area contributed by atoms with E-state index in [2.05, 4.69) is 9.97 Å². The van der Waals surface area contributed by atoms with Crippen LogP contribution in [0.1, 0.15) is 5.82 Å². The highest BCUT2D eigenvalue weighted by molar-refractivity contribution is 6.35. The zero-order valence-electron chi connectivity index (χ0n) is 10.6. The molecule has 1 aromatic carbocycles. The third-order valence-electron chi connectivity index (χ3n) is 2.79. The van der Waals surface area contributed by atoms with Crippen molar-refractivity contribution in [3.63, 3.8) is 0 Å². The van der Waals surface area contributed by atoms with Gasteiger partial charge in [0.05, 0.1) is 22.1 Å². The lowest BCUT2D eigenvalue weighted by Gasteiger charge is -2.11. The van der Waals surface area contributed by atoms with Crippen molar-refractivity contribution in [3.8, 4) is 5.75 Å². The van der Waals surface area contributed by atoms with Crippen LogP contribution >= 0.6 is 11.6 Å². The summed E-state index contributed by atoms with van der Waals surface area (Å²) in [6, 6.07) is 9.01. The van der Waals surface area contributed by atoms with E-state index in [9.17, 15) is 4.79 Å². The molecule has 0 aliphatic rings. The molecular formula is C14H10ClN3O2. The van der Waals surface area contributed by atoms with E-state index in [1.807, 2.05) is 18.2 Å². The van der Waals surface area contributed by atoms with Gasteiger partial charge in [-0.1, -0.05) is 29.8 Å². The van der Waals surface area contributed by atoms with Gasteiger partial charge >= 0.3 is 0 Å². The second-order valence-electron chi connectivity index (χ2n) is 4.18. The molecule has 0 unspecified atom stereocenters. The van der Waals surface area contributed by atoms with E-state index in [0.717, 1.165) is 4.73 Å². The molecule has 20 heavy (non-hydrogen) atoms. The van der Waals surface area contributed by atoms with Crippen molar-refractivity contribution in [2.24, 2.45) is 0 Å². The highest BCUT2D eigenvalue weighted by Crippen LogP contribution is 2.17. The lowest BCUT2D eigenvalue weighted by molar-refractivity contribution is 0.195. The minimum Gasteiger partial charge on any atom is -0.370 e. The van der Waals surface area contributed by atoms with Crippen LogP contribution in [0.3, 0.4) is 0 Å². The van der Waals surface area contributed by atoms with Crippen molar-refractivity contribution in [1.82, 2.24) is 14.7 Å². The Morgan fingerprint density at radius 3 is 2.70 bits per heavy atom. The first kappa shape index (κ1) is 12.6. The summed E-state index contributed by atoms with van der Waals surface area (Å²) in [6.45, 7) is 1.69. The zero-order valence-corrected chi connectivity index (χ0v) is 11.3. The number of hydrogen-bond acceptors (Lipinski definition) is 4. The SMILES string of the molecule is Cc1nc2cncc(Cl)c2c(=O)n1Oc1ccccc1. The van der Waals surface area contributed by atoms with Crippen LogP contribution in [-0.2, 0) is 0 Å². The molecule has 6 heteroatoms. The Morgan fingerprint density at radius 2 is 1.95 bits per heavy atom. The third-order valence-corrected chi connectivity index (χ3v) is 3.08. The van der Waals surface area contributed by atoms with Gasteiger partial charge in [-0.25, -0.2) is 4.98 Å². The minimum atomic E-state index is -0.358. The lowest BCUT2D eigenvalue weighted by atomic mass is 10.3. The first-order valence-electron chi connectivity index (χ1n) is 5.93. The second kappa shape index (κ2) is 4.94. The Morgan fingerprint density at radius 1 is 1.20 bits per heavy atom. The van der Waals surface area contributed by atoms with Gasteiger partial charge < -0.3 is 4.84 Å². The van der Waals surface area contributed by atoms with Crippen molar-refractivity contribution in [3.05, 3.63) is 63.9 Å². The molecule has 0 radical (unpaired) electrons. The van der Waals surface area contributed by atoms with Gasteiger partial charge in [0.25, 0.3) is 5.56 Å². The van der Waals surface area contributed by atoms with Crippen molar-refractivity contribution in [2.75, 3.05) is 0 Å². The standard InChI is InChI=1S/C14H10ClN3O2/c1-9-17-12-8-16-7-11(15)13(12)14(19)18(9)20-10-5-3-2-4-6-10/h2-8H,1H3. The summed E-state index contributed by atoms with van der Waals surface area (Å²) >= 11 is 6.02. The fourth-order valence-electron chi connectivity index (χ4n) is 1.88. The first-order valence-corrected chi connectivity index (χ1v) is 6.31. The maximum atomic E-state index is 12.5. The largest absolute Gasteiger partial charge is 0.370 e. The first-order chi connectivity index (χ1) is 9.66. The van der Waals surface area contributed by atoms with Crippen molar-refractivity contribution in [2.45, 2.75) is 6.92 Å². The summed E-state index contributed by atoms with van der Waals surface area (Å²) in [5.41, 5.74) is 0.0941. The van der Waals surface area contributed by atoms with Gasteiger partial charge in [0, 0.05) is 6.20 Å². The quantitative estimate of drug-likeness (QED) is 0.727. The van der Waals surface area contributed by atoms with E-state index in [-0.39, 0.29) is 10.6 Å². The number of aromatic nitrogens is 3. The van der Waals surface area contributed by atoms with Crippen LogP contribution in [0.15, 0.2) is 47.5 Å². The molecule has 0 amide bonds. The van der Waals surface area contributed by atoms with E-state index >= 15 is 0 Å². The molecule has 3 rings (SSSR count). The Kier molecular flexibility index (Phi) is 3.12. The van der Waals surface area contributed by atoms with Gasteiger partial charge in [-0.05, 0) is 19.1 Å². The van der Waals surface area contributed by atoms with Gasteiger partial charge in [-0.15, -0.1) is 4.73 Å². The maximum absolute atomic E-state index is 12.5. The minimum absolute atomic E-state index is 0.255. The smallest absolute Gasteiger partial charge is 0.296 e. The molecule has 0 atom stereocenters. The molecule has 0 aliphatic carbocycles. The predicted octanol–water partition coefficient (Wildman–Crippen LogP) is 2.60. The Bertz CT molecular complexity index is 831. The topological polar surface area (TPSA) is 57.0 Å². The van der Waals surface area contributed by atoms with Crippen molar-refractivity contribution < 1.29 is 4.84 Å². The molecule has 0 fully saturated rings. The molecule has 2 aromatic heterocycles. The number of fused-ring (bicyclic) bond motifs is 1. The molecule has 3 aromatic rings. The second-order valence-corrected chi connectivity index (χ2v) is 4.59. The highest BCUT2D eigenvalue weighted by Gasteiger charge is 2.12. The summed E-state index contributed by atoms with van der Waals surface area (Å²) in [6.07, 6.45) is 2.91. The number of nitrogens with zero attached hydrogens (tertiary/aromatic N) is 3. The van der Waals surface area contributed by atoms with Crippen LogP contribution in [0.5, 0.6) is 5.75 Å². The lowest BCUT2D eigenvalue weighted by Crippen LogP contribution is -2.28. The van der Waals surface area contributed by atoms with E-state index in [1.165, 1.54) is 12.4 Å². The molecule has 0 saturated heterocycles. The van der Waals surface area contributed by atoms with Crippen LogP contribution in [0.2, 0.25) is 5.02 Å². The van der Waals surface area contributed by atoms with Crippen LogP contribution in [0, 0.1) is 6.92 Å². The fourth-order valence-corrected chi connectivity index (χ4v) is 2.12. The molecule has 0 spiro atoms. The number of aryl methyl sites for hydroxylation is 1. The molecule has 5 nitrogen and oxygen atoms in total. The van der Waals surface area contributed by atoms with Gasteiger partial charge in [-0.3, -0.25) is 9.78 Å². The average molecular weight is 288 g/mol. The third kappa shape index (κ3) is 2.12. The van der Waals surface area contributed by atoms with Crippen molar-refractivity contribution >= 4 is 22.5 Å². The Hall–Kier alpha value is -2.40. The van der Waals surface area contributed by atoms with Crippen LogP contribution in [0.25, 0.3) is 10.9 Å². The molecule has 100 valence electrons. The van der Waals surface area contributed by atoms with Gasteiger partial charge in [0.2, 0.25) is 0 Å². The monoisotopic (exact) mass is 287 g/mol. The number of pyridine rings is 1. The molecule has 0 bridgehead atoms. The fraction of sp³-hybridized carbons (Fsp3) is 0.0714. The van der Waals surface area contributed by atoms with E-state index in [1.54, 1.807) is 19.1 Å². The van der Waals surface area contributed by atoms with Gasteiger partial charge in [-0.2, -0.15) is 0 Å². The maximum Gasteiger partial charge on any atom is 0.296 e. The van der Waals surface area contributed by atoms with E-state index in [4.69, 9.17) is 16.4 Å². The summed E-state index contributed by atoms with van der Waals surface area (Å²) in [5, 5.41) is 0.550. The summed E-state index contributed by atoms with van der Waals surface area (Å²) in [7, 11) is 0. The molecule has 0 saturated carbocycles. The number of hydrogen-bond donors (Lipinski definition) is 0. The summed E-state index contributed by atoms with van der Waals surface area (Å²) in [5.74, 6) is 0.972. The number of benzene rings is 1. The van der Waals surface area contributed by atoms with Gasteiger partial charge in [0.15, 0.2) is 5.75 Å². The number of rotatable bonds is 2. The average Bonchev–Trinajstić information content (AvgIpc) is 2.44. The van der Waals surface area contributed by atoms with Crippen LogP contribution < -0.4 is 10.4 Å². The highest BCUT2D eigenvalue weighted by atomic mass is 35.5. The van der Waals surface area contributed by atoms with E-state index in [0.29, 0.717) is 22.5 Å². The Labute approximate surface area is 119 Å². The normalized spacial score (nSPS) is 10.7. The molecule has 2 heterocycles.